The summed E-state index contributed by atoms with van der Waals surface area (Å²) in [5, 5.41) is 11.4. The standard InChI is InChI=1S/C16H29N7S/c1-3-17-16(18-6-8-22-9-11-24-12-10-22)20-14-5-4-7-23-15(14)19-13(2)21-23/h14H,3-12H2,1-2H3,(H2,17,18,20). The molecule has 24 heavy (non-hydrogen) atoms. The Bertz CT molecular complexity index is 551. The molecule has 1 saturated heterocycles. The third-order valence-corrected chi connectivity index (χ3v) is 5.37. The van der Waals surface area contributed by atoms with Crippen LogP contribution in [0.2, 0.25) is 0 Å². The summed E-state index contributed by atoms with van der Waals surface area (Å²) in [5.74, 6) is 5.28. The third-order valence-electron chi connectivity index (χ3n) is 4.43. The maximum Gasteiger partial charge on any atom is 0.191 e. The molecular weight excluding hydrogens is 322 g/mol. The van der Waals surface area contributed by atoms with Gasteiger partial charge in [0, 0.05) is 44.2 Å². The van der Waals surface area contributed by atoms with Crippen molar-refractivity contribution in [2.75, 3.05) is 44.2 Å². The summed E-state index contributed by atoms with van der Waals surface area (Å²) in [6.45, 7) is 10.1. The molecular formula is C16H29N7S. The van der Waals surface area contributed by atoms with Crippen LogP contribution < -0.4 is 10.6 Å². The summed E-state index contributed by atoms with van der Waals surface area (Å²) >= 11 is 2.05. The number of hydrogen-bond donors (Lipinski definition) is 2. The smallest absolute Gasteiger partial charge is 0.191 e. The number of aromatic nitrogens is 3. The second-order valence-corrected chi connectivity index (χ2v) is 7.52. The molecule has 1 fully saturated rings. The lowest BCUT2D eigenvalue weighted by molar-refractivity contribution is 0.311. The van der Waals surface area contributed by atoms with Crippen LogP contribution >= 0.6 is 11.8 Å². The highest BCUT2D eigenvalue weighted by molar-refractivity contribution is 7.99. The monoisotopic (exact) mass is 351 g/mol. The van der Waals surface area contributed by atoms with Crippen LogP contribution in [-0.2, 0) is 6.54 Å². The Morgan fingerprint density at radius 3 is 2.96 bits per heavy atom. The van der Waals surface area contributed by atoms with Crippen molar-refractivity contribution in [1.82, 2.24) is 30.3 Å². The first-order chi connectivity index (χ1) is 11.8. The number of nitrogens with zero attached hydrogens (tertiary/aromatic N) is 5. The molecule has 1 atom stereocenters. The van der Waals surface area contributed by atoms with E-state index in [-0.39, 0.29) is 6.04 Å². The number of thioether (sulfide) groups is 1. The van der Waals surface area contributed by atoms with E-state index in [1.54, 1.807) is 0 Å². The number of aliphatic imine (C=N–C) groups is 1. The van der Waals surface area contributed by atoms with E-state index in [2.05, 4.69) is 32.5 Å². The molecule has 0 amide bonds. The van der Waals surface area contributed by atoms with Crippen molar-refractivity contribution >= 4 is 17.7 Å². The molecule has 0 spiro atoms. The predicted octanol–water partition coefficient (Wildman–Crippen LogP) is 1.03. The van der Waals surface area contributed by atoms with Gasteiger partial charge >= 0.3 is 0 Å². The summed E-state index contributed by atoms with van der Waals surface area (Å²) in [5.41, 5.74) is 0. The van der Waals surface area contributed by atoms with Crippen LogP contribution in [0.15, 0.2) is 4.99 Å². The second kappa shape index (κ2) is 8.71. The SMILES string of the molecule is CCNC(=NCCN1CCSCC1)NC1CCCn2nc(C)nc21. The molecule has 3 rings (SSSR count). The van der Waals surface area contributed by atoms with E-state index < -0.39 is 0 Å². The number of hydrogen-bond acceptors (Lipinski definition) is 5. The molecule has 3 heterocycles. The van der Waals surface area contributed by atoms with Crippen LogP contribution in [0.5, 0.6) is 0 Å². The Morgan fingerprint density at radius 1 is 1.33 bits per heavy atom. The van der Waals surface area contributed by atoms with E-state index in [0.29, 0.717) is 0 Å². The fourth-order valence-electron chi connectivity index (χ4n) is 3.22. The maximum absolute atomic E-state index is 4.77. The maximum atomic E-state index is 4.77. The van der Waals surface area contributed by atoms with Gasteiger partial charge < -0.3 is 10.6 Å². The molecule has 0 bridgehead atoms. The summed E-state index contributed by atoms with van der Waals surface area (Å²) in [4.78, 5) is 11.9. The van der Waals surface area contributed by atoms with Gasteiger partial charge in [-0.2, -0.15) is 16.9 Å². The van der Waals surface area contributed by atoms with Crippen LogP contribution in [0.25, 0.3) is 0 Å². The first-order valence-electron chi connectivity index (χ1n) is 9.02. The zero-order valence-corrected chi connectivity index (χ0v) is 15.6. The number of aryl methyl sites for hydroxylation is 2. The number of fused-ring (bicyclic) bond motifs is 1. The van der Waals surface area contributed by atoms with Crippen molar-refractivity contribution in [2.24, 2.45) is 4.99 Å². The Labute approximate surface area is 148 Å². The van der Waals surface area contributed by atoms with Gasteiger partial charge in [-0.15, -0.1) is 0 Å². The van der Waals surface area contributed by atoms with Crippen molar-refractivity contribution in [1.29, 1.82) is 0 Å². The molecule has 2 aliphatic heterocycles. The van der Waals surface area contributed by atoms with Crippen LogP contribution in [-0.4, -0.2) is 69.9 Å². The van der Waals surface area contributed by atoms with E-state index in [0.717, 1.165) is 56.6 Å². The van der Waals surface area contributed by atoms with E-state index in [1.807, 2.05) is 23.4 Å². The topological polar surface area (TPSA) is 70.4 Å². The summed E-state index contributed by atoms with van der Waals surface area (Å²) in [6.07, 6.45) is 2.20. The Balaban J connectivity index is 1.58. The van der Waals surface area contributed by atoms with Crippen LogP contribution in [0.1, 0.15) is 37.5 Å². The molecule has 0 saturated carbocycles. The second-order valence-electron chi connectivity index (χ2n) is 6.29. The van der Waals surface area contributed by atoms with Gasteiger partial charge in [0.05, 0.1) is 12.6 Å². The van der Waals surface area contributed by atoms with Gasteiger partial charge in [0.15, 0.2) is 5.96 Å². The van der Waals surface area contributed by atoms with Crippen molar-refractivity contribution in [3.63, 3.8) is 0 Å². The minimum Gasteiger partial charge on any atom is -0.357 e. The Morgan fingerprint density at radius 2 is 2.17 bits per heavy atom. The van der Waals surface area contributed by atoms with Crippen LogP contribution in [0, 0.1) is 6.92 Å². The Hall–Kier alpha value is -1.28. The molecule has 8 heteroatoms. The highest BCUT2D eigenvalue weighted by Crippen LogP contribution is 2.22. The molecule has 0 radical (unpaired) electrons. The van der Waals surface area contributed by atoms with Crippen molar-refractivity contribution in [3.8, 4) is 0 Å². The molecule has 1 aromatic heterocycles. The lowest BCUT2D eigenvalue weighted by atomic mass is 10.1. The van der Waals surface area contributed by atoms with Gasteiger partial charge in [0.25, 0.3) is 0 Å². The minimum absolute atomic E-state index is 0.198. The van der Waals surface area contributed by atoms with Gasteiger partial charge in [0.2, 0.25) is 0 Å². The molecule has 1 unspecified atom stereocenters. The molecule has 1 aromatic rings. The zero-order valence-electron chi connectivity index (χ0n) is 14.8. The molecule has 2 N–H and O–H groups in total. The molecule has 2 aliphatic rings. The zero-order chi connectivity index (χ0) is 16.8. The van der Waals surface area contributed by atoms with Crippen LogP contribution in [0.3, 0.4) is 0 Å². The van der Waals surface area contributed by atoms with E-state index in [4.69, 9.17) is 4.99 Å². The fraction of sp³-hybridized carbons (Fsp3) is 0.812. The van der Waals surface area contributed by atoms with E-state index in [1.165, 1.54) is 24.6 Å². The summed E-state index contributed by atoms with van der Waals surface area (Å²) < 4.78 is 2.03. The molecule has 0 aromatic carbocycles. The lowest BCUT2D eigenvalue weighted by Gasteiger charge is -2.26. The number of rotatable bonds is 5. The molecule has 0 aliphatic carbocycles. The third kappa shape index (κ3) is 4.63. The number of guanidine groups is 1. The van der Waals surface area contributed by atoms with Crippen molar-refractivity contribution in [2.45, 2.75) is 39.3 Å². The lowest BCUT2D eigenvalue weighted by Crippen LogP contribution is -2.42. The first-order valence-corrected chi connectivity index (χ1v) is 10.2. The van der Waals surface area contributed by atoms with Crippen molar-refractivity contribution in [3.05, 3.63) is 11.6 Å². The first kappa shape index (κ1) is 17.5. The average Bonchev–Trinajstić information content (AvgIpc) is 2.97. The van der Waals surface area contributed by atoms with Gasteiger partial charge in [-0.25, -0.2) is 9.67 Å². The Kier molecular flexibility index (Phi) is 6.37. The van der Waals surface area contributed by atoms with Crippen LogP contribution in [0.4, 0.5) is 0 Å². The molecule has 7 nitrogen and oxygen atoms in total. The van der Waals surface area contributed by atoms with Gasteiger partial charge in [-0.3, -0.25) is 9.89 Å². The van der Waals surface area contributed by atoms with Gasteiger partial charge in [-0.05, 0) is 26.7 Å². The van der Waals surface area contributed by atoms with E-state index in [9.17, 15) is 0 Å². The molecule has 134 valence electrons. The fourth-order valence-corrected chi connectivity index (χ4v) is 4.20. The highest BCUT2D eigenvalue weighted by atomic mass is 32.2. The average molecular weight is 352 g/mol. The minimum atomic E-state index is 0.198. The van der Waals surface area contributed by atoms with Gasteiger partial charge in [-0.1, -0.05) is 0 Å². The van der Waals surface area contributed by atoms with Gasteiger partial charge in [0.1, 0.15) is 11.6 Å². The largest absolute Gasteiger partial charge is 0.357 e. The predicted molar refractivity (Wildman–Crippen MR) is 99.6 cm³/mol. The van der Waals surface area contributed by atoms with E-state index >= 15 is 0 Å². The highest BCUT2D eigenvalue weighted by Gasteiger charge is 2.24. The normalized spacial score (nSPS) is 22.2. The summed E-state index contributed by atoms with van der Waals surface area (Å²) in [6, 6.07) is 0.198. The summed E-state index contributed by atoms with van der Waals surface area (Å²) in [7, 11) is 0. The quantitative estimate of drug-likeness (QED) is 0.610. The van der Waals surface area contributed by atoms with Crippen molar-refractivity contribution < 1.29 is 0 Å². The number of nitrogens with one attached hydrogen (secondary N) is 2.